The van der Waals surface area contributed by atoms with E-state index in [1.54, 1.807) is 18.4 Å². The summed E-state index contributed by atoms with van der Waals surface area (Å²) in [6.07, 6.45) is 3.25. The number of methoxy groups -OCH3 is 1. The second-order valence-corrected chi connectivity index (χ2v) is 7.24. The van der Waals surface area contributed by atoms with Crippen molar-refractivity contribution in [2.75, 3.05) is 20.3 Å². The molecule has 2 N–H and O–H groups in total. The van der Waals surface area contributed by atoms with Crippen molar-refractivity contribution in [2.45, 2.75) is 58.2 Å². The Balaban J connectivity index is 3.09. The average Bonchev–Trinajstić information content (AvgIpc) is 2.91. The normalized spacial score (nSPS) is 14.9. The van der Waals surface area contributed by atoms with E-state index in [4.69, 9.17) is 10.5 Å². The molecule has 1 heterocycles. The summed E-state index contributed by atoms with van der Waals surface area (Å²) >= 11 is 5.36. The molecule has 0 saturated carbocycles. The van der Waals surface area contributed by atoms with Crippen molar-refractivity contribution in [2.24, 2.45) is 5.73 Å². The second kappa shape index (κ2) is 9.95. The number of halogens is 1. The van der Waals surface area contributed by atoms with Gasteiger partial charge in [-0.1, -0.05) is 20.8 Å². The zero-order chi connectivity index (χ0) is 15.8. The van der Waals surface area contributed by atoms with Crippen LogP contribution in [-0.4, -0.2) is 37.2 Å². The van der Waals surface area contributed by atoms with Gasteiger partial charge in [0, 0.05) is 40.5 Å². The molecule has 0 amide bonds. The number of nitrogens with zero attached hydrogens (tertiary/aromatic N) is 1. The third kappa shape index (κ3) is 5.32. The summed E-state index contributed by atoms with van der Waals surface area (Å²) in [5, 5.41) is 2.14. The van der Waals surface area contributed by atoms with Crippen molar-refractivity contribution in [3.05, 3.63) is 20.8 Å². The number of nitrogens with two attached hydrogens (primary N) is 1. The van der Waals surface area contributed by atoms with Gasteiger partial charge >= 0.3 is 0 Å². The molecule has 0 radical (unpaired) electrons. The molecule has 0 aliphatic rings. The number of hydrogen-bond donors (Lipinski definition) is 1. The quantitative estimate of drug-likeness (QED) is 0.656. The Morgan fingerprint density at radius 1 is 1.29 bits per heavy atom. The minimum absolute atomic E-state index is 0.146. The molecule has 1 aromatic heterocycles. The smallest absolute Gasteiger partial charge is 0.0596 e. The largest absolute Gasteiger partial charge is 0.383 e. The Hall–Kier alpha value is 0.0600. The molecule has 0 spiro atoms. The first-order valence-electron chi connectivity index (χ1n) is 7.83. The summed E-state index contributed by atoms with van der Waals surface area (Å²) in [5.74, 6) is 0. The molecule has 122 valence electrons. The Bertz CT molecular complexity index is 395. The fourth-order valence-electron chi connectivity index (χ4n) is 2.83. The van der Waals surface area contributed by atoms with Gasteiger partial charge in [0.15, 0.2) is 0 Å². The molecule has 2 unspecified atom stereocenters. The maximum Gasteiger partial charge on any atom is 0.0596 e. The molecular formula is C16H29BrN2OS. The van der Waals surface area contributed by atoms with Crippen LogP contribution in [0, 0.1) is 0 Å². The van der Waals surface area contributed by atoms with E-state index in [2.05, 4.69) is 53.0 Å². The Kier molecular flexibility index (Phi) is 9.06. The summed E-state index contributed by atoms with van der Waals surface area (Å²) in [4.78, 5) is 3.90. The second-order valence-electron chi connectivity index (χ2n) is 5.39. The highest BCUT2D eigenvalue weighted by atomic mass is 79.9. The van der Waals surface area contributed by atoms with Gasteiger partial charge in [0.05, 0.1) is 12.6 Å². The summed E-state index contributed by atoms with van der Waals surface area (Å²) in [7, 11) is 1.77. The molecule has 2 atom stereocenters. The average molecular weight is 377 g/mol. The van der Waals surface area contributed by atoms with E-state index in [9.17, 15) is 0 Å². The van der Waals surface area contributed by atoms with Gasteiger partial charge in [0.1, 0.15) is 0 Å². The predicted molar refractivity (Wildman–Crippen MR) is 96.0 cm³/mol. The van der Waals surface area contributed by atoms with Gasteiger partial charge in [-0.2, -0.15) is 0 Å². The van der Waals surface area contributed by atoms with Crippen LogP contribution in [0.1, 0.15) is 51.0 Å². The lowest BCUT2D eigenvalue weighted by molar-refractivity contribution is 0.0686. The van der Waals surface area contributed by atoms with Crippen molar-refractivity contribution < 1.29 is 4.74 Å². The van der Waals surface area contributed by atoms with Gasteiger partial charge in [-0.05, 0) is 41.3 Å². The highest BCUT2D eigenvalue weighted by Crippen LogP contribution is 2.34. The molecule has 0 saturated heterocycles. The zero-order valence-electron chi connectivity index (χ0n) is 13.6. The van der Waals surface area contributed by atoms with E-state index < -0.39 is 0 Å². The maximum absolute atomic E-state index is 6.49. The van der Waals surface area contributed by atoms with Crippen molar-refractivity contribution in [1.82, 2.24) is 4.90 Å². The third-order valence-electron chi connectivity index (χ3n) is 4.08. The van der Waals surface area contributed by atoms with Gasteiger partial charge in [0.2, 0.25) is 0 Å². The highest BCUT2D eigenvalue weighted by Gasteiger charge is 2.30. The zero-order valence-corrected chi connectivity index (χ0v) is 16.0. The van der Waals surface area contributed by atoms with Gasteiger partial charge in [-0.25, -0.2) is 0 Å². The monoisotopic (exact) mass is 376 g/mol. The number of hydrogen-bond acceptors (Lipinski definition) is 4. The molecule has 0 bridgehead atoms. The van der Waals surface area contributed by atoms with E-state index >= 15 is 0 Å². The molecule has 3 nitrogen and oxygen atoms in total. The molecular weight excluding hydrogens is 348 g/mol. The van der Waals surface area contributed by atoms with Crippen LogP contribution in [0.2, 0.25) is 0 Å². The summed E-state index contributed by atoms with van der Waals surface area (Å²) in [6, 6.07) is 3.18. The van der Waals surface area contributed by atoms with Crippen molar-refractivity contribution >= 4 is 27.3 Å². The van der Waals surface area contributed by atoms with Crippen LogP contribution < -0.4 is 5.73 Å². The van der Waals surface area contributed by atoms with Crippen molar-refractivity contribution in [3.8, 4) is 0 Å². The molecule has 0 fully saturated rings. The van der Waals surface area contributed by atoms with E-state index in [1.807, 2.05) is 0 Å². The van der Waals surface area contributed by atoms with Crippen LogP contribution >= 0.6 is 27.3 Å². The molecule has 1 aromatic rings. The predicted octanol–water partition coefficient (Wildman–Crippen LogP) is 4.43. The molecule has 1 rings (SSSR count). The molecule has 0 aliphatic carbocycles. The topological polar surface area (TPSA) is 38.5 Å². The number of rotatable bonds is 10. The third-order valence-corrected chi connectivity index (χ3v) is 5.84. The standard InChI is InChI=1S/C16H29BrN2OS/c1-5-13(6-2)19(8-9-20-4)16(14(18)7-3)15-10-12(17)11-21-15/h10-11,13-14,16H,5-9,18H2,1-4H3. The van der Waals surface area contributed by atoms with E-state index in [-0.39, 0.29) is 12.1 Å². The first-order valence-corrected chi connectivity index (χ1v) is 9.50. The minimum Gasteiger partial charge on any atom is -0.383 e. The van der Waals surface area contributed by atoms with Gasteiger partial charge in [-0.3, -0.25) is 4.90 Å². The highest BCUT2D eigenvalue weighted by molar-refractivity contribution is 9.10. The van der Waals surface area contributed by atoms with Crippen LogP contribution in [0.15, 0.2) is 15.9 Å². The lowest BCUT2D eigenvalue weighted by Crippen LogP contribution is -2.46. The van der Waals surface area contributed by atoms with Crippen molar-refractivity contribution in [1.29, 1.82) is 0 Å². The summed E-state index contributed by atoms with van der Waals surface area (Å²) < 4.78 is 6.47. The first kappa shape index (κ1) is 19.1. The van der Waals surface area contributed by atoms with Crippen LogP contribution in [0.3, 0.4) is 0 Å². The summed E-state index contributed by atoms with van der Waals surface area (Å²) in [6.45, 7) is 8.36. The van der Waals surface area contributed by atoms with E-state index in [0.29, 0.717) is 6.04 Å². The minimum atomic E-state index is 0.146. The molecule has 0 aliphatic heterocycles. The van der Waals surface area contributed by atoms with Crippen LogP contribution in [-0.2, 0) is 4.74 Å². The van der Waals surface area contributed by atoms with E-state index in [1.165, 1.54) is 4.88 Å². The number of thiophene rings is 1. The Morgan fingerprint density at radius 3 is 2.38 bits per heavy atom. The van der Waals surface area contributed by atoms with Crippen LogP contribution in [0.25, 0.3) is 0 Å². The lowest BCUT2D eigenvalue weighted by atomic mass is 9.99. The van der Waals surface area contributed by atoms with Gasteiger partial charge in [-0.15, -0.1) is 11.3 Å². The van der Waals surface area contributed by atoms with Gasteiger partial charge in [0.25, 0.3) is 0 Å². The molecule has 5 heteroatoms. The van der Waals surface area contributed by atoms with Gasteiger partial charge < -0.3 is 10.5 Å². The Morgan fingerprint density at radius 2 is 1.95 bits per heavy atom. The van der Waals surface area contributed by atoms with E-state index in [0.717, 1.165) is 36.9 Å². The number of ether oxygens (including phenoxy) is 1. The fraction of sp³-hybridized carbons (Fsp3) is 0.750. The van der Waals surface area contributed by atoms with Crippen LogP contribution in [0.4, 0.5) is 0 Å². The maximum atomic E-state index is 6.49. The Labute approximate surface area is 142 Å². The SMILES string of the molecule is CCC(N)C(c1cc(Br)cs1)N(CCOC)C(CC)CC. The first-order chi connectivity index (χ1) is 10.1. The fourth-order valence-corrected chi connectivity index (χ4v) is 4.47. The summed E-state index contributed by atoms with van der Waals surface area (Å²) in [5.41, 5.74) is 6.49. The van der Waals surface area contributed by atoms with Crippen LogP contribution in [0.5, 0.6) is 0 Å². The van der Waals surface area contributed by atoms with Crippen molar-refractivity contribution in [3.63, 3.8) is 0 Å². The molecule has 21 heavy (non-hydrogen) atoms. The molecule has 0 aromatic carbocycles. The lowest BCUT2D eigenvalue weighted by Gasteiger charge is -2.39.